The first-order valence-corrected chi connectivity index (χ1v) is 14.0. The third kappa shape index (κ3) is 4.90. The molecule has 2 aliphatic heterocycles. The number of carbonyl (C=O) groups is 2. The van der Waals surface area contributed by atoms with Gasteiger partial charge in [-0.25, -0.2) is 0 Å². The fraction of sp³-hybridized carbons (Fsp3) is 0.143. The van der Waals surface area contributed by atoms with Gasteiger partial charge in [0.2, 0.25) is 12.7 Å². The molecule has 2 amide bonds. The molecule has 5 aromatic rings. The standard InChI is InChI=1S/C35H29N3O4/c39-32(17-12-23-10-13-25(14-11-23)35(40)36-21-24-6-2-1-3-7-24)38-19-18-28-27-8-4-5-9-29(27)37-33(28)34(38)26-15-16-30-31(20-26)42-22-41-30/h1-17,20,34,37H,18-19,21-22H2,(H,36,40). The highest BCUT2D eigenvalue weighted by atomic mass is 16.7. The summed E-state index contributed by atoms with van der Waals surface area (Å²) in [5.41, 5.74) is 6.73. The van der Waals surface area contributed by atoms with Crippen LogP contribution in [0.5, 0.6) is 11.5 Å². The summed E-state index contributed by atoms with van der Waals surface area (Å²) in [4.78, 5) is 31.8. The van der Waals surface area contributed by atoms with Crippen molar-refractivity contribution in [2.75, 3.05) is 13.3 Å². The van der Waals surface area contributed by atoms with E-state index < -0.39 is 0 Å². The number of rotatable bonds is 6. The van der Waals surface area contributed by atoms with Gasteiger partial charge in [0.1, 0.15) is 0 Å². The number of nitrogens with one attached hydrogen (secondary N) is 2. The first-order valence-electron chi connectivity index (χ1n) is 14.0. The fourth-order valence-corrected chi connectivity index (χ4v) is 5.80. The monoisotopic (exact) mass is 555 g/mol. The minimum atomic E-state index is -0.302. The Labute approximate surface area is 243 Å². The van der Waals surface area contributed by atoms with E-state index in [1.807, 2.05) is 77.7 Å². The highest BCUT2D eigenvalue weighted by Gasteiger charge is 2.34. The molecule has 208 valence electrons. The lowest BCUT2D eigenvalue weighted by Gasteiger charge is -2.35. The highest BCUT2D eigenvalue weighted by Crippen LogP contribution is 2.42. The second kappa shape index (κ2) is 10.9. The van der Waals surface area contributed by atoms with E-state index in [1.54, 1.807) is 24.3 Å². The first-order chi connectivity index (χ1) is 20.6. The number of carbonyl (C=O) groups excluding carboxylic acids is 2. The van der Waals surface area contributed by atoms with Gasteiger partial charge in [-0.2, -0.15) is 0 Å². The largest absolute Gasteiger partial charge is 0.454 e. The van der Waals surface area contributed by atoms with Crippen LogP contribution in [0.3, 0.4) is 0 Å². The number of aromatic amines is 1. The van der Waals surface area contributed by atoms with Gasteiger partial charge in [-0.15, -0.1) is 0 Å². The minimum absolute atomic E-state index is 0.0911. The van der Waals surface area contributed by atoms with Gasteiger partial charge in [0.15, 0.2) is 11.5 Å². The Morgan fingerprint density at radius 1 is 0.905 bits per heavy atom. The number of benzene rings is 4. The molecule has 2 N–H and O–H groups in total. The van der Waals surface area contributed by atoms with Crippen LogP contribution in [0.25, 0.3) is 17.0 Å². The van der Waals surface area contributed by atoms with Crippen LogP contribution in [-0.4, -0.2) is 35.0 Å². The molecule has 0 saturated heterocycles. The first kappa shape index (κ1) is 25.7. The number of amides is 2. The maximum absolute atomic E-state index is 13.7. The number of nitrogens with zero attached hydrogens (tertiary/aromatic N) is 1. The van der Waals surface area contributed by atoms with Crippen LogP contribution in [0.2, 0.25) is 0 Å². The SMILES string of the molecule is O=C(NCc1ccccc1)c1ccc(C=CC(=O)N2CCc3c([nH]c4ccccc34)C2c2ccc3c(c2)OCO3)cc1. The Balaban J connectivity index is 1.12. The molecular formula is C35H29N3O4. The molecule has 7 heteroatoms. The topological polar surface area (TPSA) is 83.7 Å². The molecule has 0 aliphatic carbocycles. The van der Waals surface area contributed by atoms with Crippen LogP contribution in [0.15, 0.2) is 103 Å². The number of ether oxygens (including phenoxy) is 2. The van der Waals surface area contributed by atoms with Gasteiger partial charge in [-0.05, 0) is 65.1 Å². The number of hydrogen-bond acceptors (Lipinski definition) is 4. The third-order valence-electron chi connectivity index (χ3n) is 7.92. The predicted molar refractivity (Wildman–Crippen MR) is 161 cm³/mol. The number of hydrogen-bond donors (Lipinski definition) is 2. The van der Waals surface area contributed by atoms with E-state index in [2.05, 4.69) is 22.4 Å². The zero-order chi connectivity index (χ0) is 28.5. The Morgan fingerprint density at radius 3 is 2.55 bits per heavy atom. The molecule has 2 aliphatic rings. The van der Waals surface area contributed by atoms with Crippen LogP contribution < -0.4 is 14.8 Å². The molecule has 0 radical (unpaired) electrons. The lowest BCUT2D eigenvalue weighted by Crippen LogP contribution is -2.39. The average molecular weight is 556 g/mol. The van der Waals surface area contributed by atoms with Crippen molar-refractivity contribution in [3.8, 4) is 11.5 Å². The van der Waals surface area contributed by atoms with Crippen molar-refractivity contribution < 1.29 is 19.1 Å². The van der Waals surface area contributed by atoms with Gasteiger partial charge in [-0.3, -0.25) is 9.59 Å². The van der Waals surface area contributed by atoms with Gasteiger partial charge in [0, 0.05) is 41.3 Å². The summed E-state index contributed by atoms with van der Waals surface area (Å²) in [6.07, 6.45) is 4.16. The number of fused-ring (bicyclic) bond motifs is 4. The van der Waals surface area contributed by atoms with Gasteiger partial charge < -0.3 is 24.7 Å². The Bertz CT molecular complexity index is 1810. The summed E-state index contributed by atoms with van der Waals surface area (Å²) in [6, 6.07) is 30.9. The number of aromatic nitrogens is 1. The van der Waals surface area contributed by atoms with E-state index >= 15 is 0 Å². The van der Waals surface area contributed by atoms with Crippen LogP contribution in [0.1, 0.15) is 44.3 Å². The fourth-order valence-electron chi connectivity index (χ4n) is 5.80. The molecule has 0 bridgehead atoms. The Kier molecular flexibility index (Phi) is 6.68. The molecule has 1 aromatic heterocycles. The van der Waals surface area contributed by atoms with Gasteiger partial charge >= 0.3 is 0 Å². The highest BCUT2D eigenvalue weighted by molar-refractivity contribution is 5.95. The predicted octanol–water partition coefficient (Wildman–Crippen LogP) is 6.01. The van der Waals surface area contributed by atoms with Crippen molar-refractivity contribution in [1.82, 2.24) is 15.2 Å². The summed E-state index contributed by atoms with van der Waals surface area (Å²) >= 11 is 0. The Morgan fingerprint density at radius 2 is 1.69 bits per heavy atom. The maximum Gasteiger partial charge on any atom is 0.251 e. The molecule has 7 nitrogen and oxygen atoms in total. The molecule has 3 heterocycles. The maximum atomic E-state index is 13.7. The molecule has 7 rings (SSSR count). The summed E-state index contributed by atoms with van der Waals surface area (Å²) < 4.78 is 11.2. The molecule has 1 unspecified atom stereocenters. The van der Waals surface area contributed by atoms with Crippen LogP contribution in [-0.2, 0) is 17.8 Å². The van der Waals surface area contributed by atoms with Crippen LogP contribution >= 0.6 is 0 Å². The van der Waals surface area contributed by atoms with Crippen LogP contribution in [0.4, 0.5) is 0 Å². The van der Waals surface area contributed by atoms with Crippen molar-refractivity contribution in [3.05, 3.63) is 137 Å². The molecule has 1 atom stereocenters. The van der Waals surface area contributed by atoms with Crippen LogP contribution in [0, 0.1) is 0 Å². The van der Waals surface area contributed by atoms with Crippen molar-refractivity contribution >= 4 is 28.8 Å². The summed E-state index contributed by atoms with van der Waals surface area (Å²) in [7, 11) is 0. The van der Waals surface area contributed by atoms with Gasteiger partial charge in [-0.1, -0.05) is 66.7 Å². The molecule has 4 aromatic carbocycles. The van der Waals surface area contributed by atoms with E-state index in [0.29, 0.717) is 30.2 Å². The third-order valence-corrected chi connectivity index (χ3v) is 7.92. The van der Waals surface area contributed by atoms with E-state index in [9.17, 15) is 9.59 Å². The number of para-hydroxylation sites is 1. The second-order valence-corrected chi connectivity index (χ2v) is 10.5. The van der Waals surface area contributed by atoms with Crippen molar-refractivity contribution in [2.24, 2.45) is 0 Å². The summed E-state index contributed by atoms with van der Waals surface area (Å²) in [5, 5.41) is 4.13. The lowest BCUT2D eigenvalue weighted by molar-refractivity contribution is -0.128. The molecular weight excluding hydrogens is 526 g/mol. The normalized spacial score (nSPS) is 15.6. The molecule has 0 saturated carbocycles. The van der Waals surface area contributed by atoms with Crippen molar-refractivity contribution in [2.45, 2.75) is 19.0 Å². The summed E-state index contributed by atoms with van der Waals surface area (Å²) in [5.74, 6) is 1.17. The van der Waals surface area contributed by atoms with E-state index in [0.717, 1.165) is 34.3 Å². The average Bonchev–Trinajstić information content (AvgIpc) is 3.67. The van der Waals surface area contributed by atoms with E-state index in [4.69, 9.17) is 9.47 Å². The number of H-pyrrole nitrogens is 1. The zero-order valence-electron chi connectivity index (χ0n) is 22.9. The van der Waals surface area contributed by atoms with Gasteiger partial charge in [0.25, 0.3) is 5.91 Å². The van der Waals surface area contributed by atoms with Crippen molar-refractivity contribution in [3.63, 3.8) is 0 Å². The molecule has 0 fully saturated rings. The quantitative estimate of drug-likeness (QED) is 0.251. The Hall–Kier alpha value is -5.30. The lowest BCUT2D eigenvalue weighted by atomic mass is 9.92. The van der Waals surface area contributed by atoms with E-state index in [1.165, 1.54) is 10.9 Å². The smallest absolute Gasteiger partial charge is 0.251 e. The zero-order valence-corrected chi connectivity index (χ0v) is 22.9. The summed E-state index contributed by atoms with van der Waals surface area (Å²) in [6.45, 7) is 1.24. The van der Waals surface area contributed by atoms with E-state index in [-0.39, 0.29) is 24.6 Å². The second-order valence-electron chi connectivity index (χ2n) is 10.5. The van der Waals surface area contributed by atoms with Gasteiger partial charge in [0.05, 0.1) is 6.04 Å². The molecule has 0 spiro atoms. The van der Waals surface area contributed by atoms with Crippen molar-refractivity contribution in [1.29, 1.82) is 0 Å². The molecule has 42 heavy (non-hydrogen) atoms. The minimum Gasteiger partial charge on any atom is -0.454 e.